The molecule has 0 fully saturated rings. The lowest BCUT2D eigenvalue weighted by Gasteiger charge is -2.20. The van der Waals surface area contributed by atoms with Gasteiger partial charge in [-0.15, -0.1) is 0 Å². The maximum atomic E-state index is 13.1. The van der Waals surface area contributed by atoms with Crippen LogP contribution in [0.4, 0.5) is 10.1 Å². The number of halogens is 1. The Labute approximate surface area is 117 Å². The van der Waals surface area contributed by atoms with Crippen molar-refractivity contribution in [3.8, 4) is 0 Å². The van der Waals surface area contributed by atoms with E-state index >= 15 is 0 Å². The van der Waals surface area contributed by atoms with Gasteiger partial charge < -0.3 is 10.6 Å². The highest BCUT2D eigenvalue weighted by Crippen LogP contribution is 2.26. The number of benzodiazepines with no additional fused rings is 1. The monoisotopic (exact) mass is 269 g/mol. The first-order valence-electron chi connectivity index (χ1n) is 6.55. The minimum absolute atomic E-state index is 0.252. The fourth-order valence-electron chi connectivity index (χ4n) is 2.50. The van der Waals surface area contributed by atoms with Crippen molar-refractivity contribution in [2.45, 2.75) is 6.17 Å². The van der Waals surface area contributed by atoms with Gasteiger partial charge in [-0.1, -0.05) is 18.2 Å². The molecule has 0 saturated heterocycles. The van der Waals surface area contributed by atoms with Crippen LogP contribution in [0.1, 0.15) is 11.1 Å². The lowest BCUT2D eigenvalue weighted by Crippen LogP contribution is -2.32. The summed E-state index contributed by atoms with van der Waals surface area (Å²) < 4.78 is 13.1. The molecule has 0 aliphatic carbocycles. The molecule has 2 aromatic rings. The minimum atomic E-state index is -0.299. The number of hydrogen-bond acceptors (Lipinski definition) is 3. The van der Waals surface area contributed by atoms with Crippen molar-refractivity contribution < 1.29 is 4.39 Å². The summed E-state index contributed by atoms with van der Waals surface area (Å²) in [5.74, 6) is -0.252. The molecule has 3 nitrogen and oxygen atoms in total. The SMILES string of the molecule is CN1CC(N)N=C(c2ccc(F)cc2)c2ccccc21. The molecule has 0 aromatic heterocycles. The molecule has 4 heteroatoms. The first kappa shape index (κ1) is 12.8. The summed E-state index contributed by atoms with van der Waals surface area (Å²) in [6.07, 6.45) is -0.299. The van der Waals surface area contributed by atoms with Crippen LogP contribution in [0.25, 0.3) is 0 Å². The number of hydrogen-bond donors (Lipinski definition) is 1. The molecule has 0 spiro atoms. The van der Waals surface area contributed by atoms with Crippen LogP contribution in [0, 0.1) is 5.82 Å². The zero-order chi connectivity index (χ0) is 14.1. The van der Waals surface area contributed by atoms with Crippen LogP contribution < -0.4 is 10.6 Å². The summed E-state index contributed by atoms with van der Waals surface area (Å²) in [4.78, 5) is 6.70. The van der Waals surface area contributed by atoms with Crippen molar-refractivity contribution in [3.63, 3.8) is 0 Å². The number of benzene rings is 2. The van der Waals surface area contributed by atoms with E-state index in [-0.39, 0.29) is 12.0 Å². The fraction of sp³-hybridized carbons (Fsp3) is 0.188. The zero-order valence-electron chi connectivity index (χ0n) is 11.3. The zero-order valence-corrected chi connectivity index (χ0v) is 11.3. The van der Waals surface area contributed by atoms with Crippen LogP contribution in [0.15, 0.2) is 53.5 Å². The summed E-state index contributed by atoms with van der Waals surface area (Å²) in [6.45, 7) is 0.654. The van der Waals surface area contributed by atoms with Crippen LogP contribution in [0.5, 0.6) is 0 Å². The lowest BCUT2D eigenvalue weighted by molar-refractivity contribution is 0.628. The summed E-state index contributed by atoms with van der Waals surface area (Å²) in [6, 6.07) is 14.4. The number of nitrogens with two attached hydrogens (primary N) is 1. The van der Waals surface area contributed by atoms with Gasteiger partial charge in [-0.05, 0) is 30.3 Å². The second-order valence-corrected chi connectivity index (χ2v) is 4.95. The molecule has 2 N–H and O–H groups in total. The third-order valence-electron chi connectivity index (χ3n) is 3.44. The summed E-state index contributed by atoms with van der Waals surface area (Å²) in [7, 11) is 2.00. The molecule has 3 rings (SSSR count). The summed E-state index contributed by atoms with van der Waals surface area (Å²) in [5.41, 5.74) is 9.86. The molecule has 0 bridgehead atoms. The predicted octanol–water partition coefficient (Wildman–Crippen LogP) is 2.40. The van der Waals surface area contributed by atoms with Crippen LogP contribution in [0.3, 0.4) is 0 Å². The van der Waals surface area contributed by atoms with E-state index in [0.29, 0.717) is 6.54 Å². The molecule has 1 unspecified atom stereocenters. The van der Waals surface area contributed by atoms with Gasteiger partial charge in [0.2, 0.25) is 0 Å². The fourth-order valence-corrected chi connectivity index (χ4v) is 2.50. The second-order valence-electron chi connectivity index (χ2n) is 4.95. The van der Waals surface area contributed by atoms with Gasteiger partial charge in [0.15, 0.2) is 0 Å². The minimum Gasteiger partial charge on any atom is -0.371 e. The Morgan fingerprint density at radius 1 is 1.15 bits per heavy atom. The van der Waals surface area contributed by atoms with Crippen molar-refractivity contribution in [2.24, 2.45) is 10.7 Å². The van der Waals surface area contributed by atoms with Crippen molar-refractivity contribution in [1.29, 1.82) is 0 Å². The Morgan fingerprint density at radius 2 is 1.85 bits per heavy atom. The van der Waals surface area contributed by atoms with E-state index in [0.717, 1.165) is 22.5 Å². The molecule has 0 radical (unpaired) electrons. The average Bonchev–Trinajstić information content (AvgIpc) is 2.57. The highest BCUT2D eigenvalue weighted by molar-refractivity contribution is 6.16. The second kappa shape index (κ2) is 5.06. The maximum Gasteiger partial charge on any atom is 0.123 e. The third kappa shape index (κ3) is 2.30. The smallest absolute Gasteiger partial charge is 0.123 e. The molecule has 1 aliphatic heterocycles. The topological polar surface area (TPSA) is 41.6 Å². The normalized spacial score (nSPS) is 18.2. The summed E-state index contributed by atoms with van der Waals surface area (Å²) >= 11 is 0. The van der Waals surface area contributed by atoms with Gasteiger partial charge in [0.25, 0.3) is 0 Å². The van der Waals surface area contributed by atoms with Crippen molar-refractivity contribution in [1.82, 2.24) is 0 Å². The molecule has 1 aliphatic rings. The van der Waals surface area contributed by atoms with E-state index in [1.807, 2.05) is 31.3 Å². The van der Waals surface area contributed by atoms with Crippen LogP contribution in [-0.4, -0.2) is 25.5 Å². The van der Waals surface area contributed by atoms with E-state index in [2.05, 4.69) is 9.89 Å². The van der Waals surface area contributed by atoms with Crippen molar-refractivity contribution in [2.75, 3.05) is 18.5 Å². The van der Waals surface area contributed by atoms with E-state index < -0.39 is 0 Å². The lowest BCUT2D eigenvalue weighted by atomic mass is 10.0. The average molecular weight is 269 g/mol. The maximum absolute atomic E-state index is 13.1. The molecule has 0 amide bonds. The van der Waals surface area contributed by atoms with E-state index in [9.17, 15) is 4.39 Å². The number of anilines is 1. The standard InChI is InChI=1S/C16H16FN3/c1-20-10-15(18)19-16(11-6-8-12(17)9-7-11)13-4-2-3-5-14(13)20/h2-9,15H,10,18H2,1H3. The Hall–Kier alpha value is -2.20. The van der Waals surface area contributed by atoms with Gasteiger partial charge in [-0.2, -0.15) is 0 Å². The van der Waals surface area contributed by atoms with Gasteiger partial charge in [-0.3, -0.25) is 4.99 Å². The van der Waals surface area contributed by atoms with E-state index in [1.165, 1.54) is 12.1 Å². The van der Waals surface area contributed by atoms with E-state index in [4.69, 9.17) is 5.73 Å². The predicted molar refractivity (Wildman–Crippen MR) is 79.7 cm³/mol. The van der Waals surface area contributed by atoms with Crippen LogP contribution in [-0.2, 0) is 0 Å². The number of rotatable bonds is 1. The quantitative estimate of drug-likeness (QED) is 0.863. The number of fused-ring (bicyclic) bond motifs is 1. The van der Waals surface area contributed by atoms with Gasteiger partial charge in [-0.25, -0.2) is 4.39 Å². The molecule has 0 saturated carbocycles. The summed E-state index contributed by atoms with van der Waals surface area (Å²) in [5, 5.41) is 0. The number of nitrogens with zero attached hydrogens (tertiary/aromatic N) is 2. The molecule has 2 aromatic carbocycles. The number of likely N-dealkylation sites (N-methyl/N-ethyl adjacent to an activating group) is 1. The molecule has 1 atom stereocenters. The molecular weight excluding hydrogens is 253 g/mol. The first-order valence-corrected chi connectivity index (χ1v) is 6.55. The highest BCUT2D eigenvalue weighted by Gasteiger charge is 2.20. The molecule has 102 valence electrons. The Balaban J connectivity index is 2.16. The van der Waals surface area contributed by atoms with Crippen molar-refractivity contribution >= 4 is 11.4 Å². The number of para-hydroxylation sites is 1. The van der Waals surface area contributed by atoms with E-state index in [1.54, 1.807) is 12.1 Å². The number of aliphatic imine (C=N–C) groups is 1. The van der Waals surface area contributed by atoms with Gasteiger partial charge in [0, 0.05) is 23.9 Å². The third-order valence-corrected chi connectivity index (χ3v) is 3.44. The Kier molecular flexibility index (Phi) is 3.24. The first-order chi connectivity index (χ1) is 9.65. The molecular formula is C16H16FN3. The van der Waals surface area contributed by atoms with Gasteiger partial charge in [0.05, 0.1) is 12.3 Å². The Morgan fingerprint density at radius 3 is 2.60 bits per heavy atom. The molecule has 20 heavy (non-hydrogen) atoms. The van der Waals surface area contributed by atoms with Gasteiger partial charge in [0.1, 0.15) is 12.0 Å². The highest BCUT2D eigenvalue weighted by atomic mass is 19.1. The van der Waals surface area contributed by atoms with Crippen LogP contribution >= 0.6 is 0 Å². The van der Waals surface area contributed by atoms with Crippen molar-refractivity contribution in [3.05, 3.63) is 65.5 Å². The largest absolute Gasteiger partial charge is 0.371 e. The van der Waals surface area contributed by atoms with Crippen LogP contribution in [0.2, 0.25) is 0 Å². The van der Waals surface area contributed by atoms with Gasteiger partial charge >= 0.3 is 0 Å². The molecule has 1 heterocycles. The Bertz CT molecular complexity index is 649.